The van der Waals surface area contributed by atoms with Crippen LogP contribution in [0.5, 0.6) is 11.5 Å². The van der Waals surface area contributed by atoms with E-state index >= 15 is 0 Å². The molecule has 2 aromatic carbocycles. The number of aliphatic hydroxyl groups excluding tert-OH is 1. The van der Waals surface area contributed by atoms with Crippen molar-refractivity contribution in [3.8, 4) is 11.5 Å². The Hall–Kier alpha value is -2.00. The molecule has 0 heterocycles. The summed E-state index contributed by atoms with van der Waals surface area (Å²) < 4.78 is 0. The molecule has 104 valence electrons. The maximum Gasteiger partial charge on any atom is 0.115 e. The fourth-order valence-corrected chi connectivity index (χ4v) is 1.01. The molecule has 0 unspecified atom stereocenters. The lowest BCUT2D eigenvalue weighted by molar-refractivity contribution is 0.287. The van der Waals surface area contributed by atoms with Gasteiger partial charge in [0.05, 0.1) is 0 Å². The van der Waals surface area contributed by atoms with E-state index in [0.717, 1.165) is 12.8 Å². The Morgan fingerprint density at radius 1 is 0.737 bits per heavy atom. The van der Waals surface area contributed by atoms with Crippen LogP contribution in [0.1, 0.15) is 19.8 Å². The predicted octanol–water partition coefficient (Wildman–Crippen LogP) is 3.56. The number of rotatable bonds is 2. The Morgan fingerprint density at radius 2 is 1.11 bits per heavy atom. The highest BCUT2D eigenvalue weighted by Gasteiger charge is 1.75. The number of aliphatic hydroxyl groups is 1. The zero-order valence-corrected chi connectivity index (χ0v) is 11.2. The van der Waals surface area contributed by atoms with Crippen molar-refractivity contribution in [1.82, 2.24) is 0 Å². The van der Waals surface area contributed by atoms with Gasteiger partial charge >= 0.3 is 0 Å². The molecule has 0 aromatic heterocycles. The molecule has 0 bridgehead atoms. The van der Waals surface area contributed by atoms with E-state index in [1.807, 2.05) is 12.1 Å². The SMILES string of the molecule is CCCCO.Oc1ccccc1.Oc1ccccc1. The van der Waals surface area contributed by atoms with E-state index in [0.29, 0.717) is 18.1 Å². The van der Waals surface area contributed by atoms with Crippen LogP contribution >= 0.6 is 0 Å². The first kappa shape index (κ1) is 17.0. The van der Waals surface area contributed by atoms with Crippen LogP contribution in [0.15, 0.2) is 60.7 Å². The van der Waals surface area contributed by atoms with Crippen LogP contribution in [0.4, 0.5) is 0 Å². The minimum absolute atomic E-state index is 0.322. The summed E-state index contributed by atoms with van der Waals surface area (Å²) in [5, 5.41) is 25.3. The summed E-state index contributed by atoms with van der Waals surface area (Å²) in [4.78, 5) is 0. The quantitative estimate of drug-likeness (QED) is 0.775. The van der Waals surface area contributed by atoms with Crippen molar-refractivity contribution in [3.05, 3.63) is 60.7 Å². The van der Waals surface area contributed by atoms with E-state index in [2.05, 4.69) is 6.92 Å². The van der Waals surface area contributed by atoms with Gasteiger partial charge in [0.15, 0.2) is 0 Å². The second kappa shape index (κ2) is 12.5. The van der Waals surface area contributed by atoms with Gasteiger partial charge in [-0.05, 0) is 30.7 Å². The number of hydrogen-bond acceptors (Lipinski definition) is 3. The van der Waals surface area contributed by atoms with Gasteiger partial charge < -0.3 is 15.3 Å². The molecular formula is C16H22O3. The van der Waals surface area contributed by atoms with Crippen LogP contribution in [-0.2, 0) is 0 Å². The van der Waals surface area contributed by atoms with Crippen LogP contribution in [0.2, 0.25) is 0 Å². The van der Waals surface area contributed by atoms with Crippen molar-refractivity contribution < 1.29 is 15.3 Å². The third-order valence-electron chi connectivity index (χ3n) is 2.02. The van der Waals surface area contributed by atoms with Crippen molar-refractivity contribution in [3.63, 3.8) is 0 Å². The summed E-state index contributed by atoms with van der Waals surface area (Å²) in [5.74, 6) is 0.644. The van der Waals surface area contributed by atoms with Gasteiger partial charge in [-0.15, -0.1) is 0 Å². The van der Waals surface area contributed by atoms with Crippen molar-refractivity contribution in [2.24, 2.45) is 0 Å². The number of phenolic OH excluding ortho intramolecular Hbond substituents is 2. The van der Waals surface area contributed by atoms with Crippen molar-refractivity contribution in [1.29, 1.82) is 0 Å². The molecule has 2 rings (SSSR count). The highest BCUT2D eigenvalue weighted by Crippen LogP contribution is 2.03. The molecule has 0 atom stereocenters. The minimum atomic E-state index is 0.322. The smallest absolute Gasteiger partial charge is 0.115 e. The van der Waals surface area contributed by atoms with Crippen LogP contribution < -0.4 is 0 Å². The molecule has 0 aliphatic rings. The molecule has 3 nitrogen and oxygen atoms in total. The van der Waals surface area contributed by atoms with Gasteiger partial charge in [0.1, 0.15) is 11.5 Å². The largest absolute Gasteiger partial charge is 0.508 e. The van der Waals surface area contributed by atoms with E-state index in [1.165, 1.54) is 0 Å². The topological polar surface area (TPSA) is 60.7 Å². The fourth-order valence-electron chi connectivity index (χ4n) is 1.01. The molecule has 3 N–H and O–H groups in total. The monoisotopic (exact) mass is 262 g/mol. The summed E-state index contributed by atoms with van der Waals surface area (Å²) in [7, 11) is 0. The maximum absolute atomic E-state index is 8.63. The zero-order valence-electron chi connectivity index (χ0n) is 11.2. The Balaban J connectivity index is 0.000000261. The number of unbranched alkanes of at least 4 members (excludes halogenated alkanes) is 1. The molecule has 0 aliphatic heterocycles. The molecule has 0 aliphatic carbocycles. The average Bonchev–Trinajstić information content (AvgIpc) is 2.43. The summed E-state index contributed by atoms with van der Waals surface area (Å²) in [5.41, 5.74) is 0. The number of aromatic hydroxyl groups is 2. The number of para-hydroxylation sites is 2. The molecule has 0 amide bonds. The van der Waals surface area contributed by atoms with Crippen LogP contribution in [0, 0.1) is 0 Å². The molecule has 19 heavy (non-hydrogen) atoms. The highest BCUT2D eigenvalue weighted by atomic mass is 16.3. The summed E-state index contributed by atoms with van der Waals surface area (Å²) >= 11 is 0. The van der Waals surface area contributed by atoms with Crippen LogP contribution in [-0.4, -0.2) is 21.9 Å². The third kappa shape index (κ3) is 12.2. The van der Waals surface area contributed by atoms with Crippen molar-refractivity contribution in [2.75, 3.05) is 6.61 Å². The molecule has 0 radical (unpaired) electrons. The molecule has 0 saturated carbocycles. The molecule has 0 fully saturated rings. The molecule has 0 spiro atoms. The van der Waals surface area contributed by atoms with Gasteiger partial charge in [0, 0.05) is 6.61 Å². The van der Waals surface area contributed by atoms with Crippen molar-refractivity contribution in [2.45, 2.75) is 19.8 Å². The van der Waals surface area contributed by atoms with Crippen LogP contribution in [0.3, 0.4) is 0 Å². The second-order valence-electron chi connectivity index (χ2n) is 3.75. The maximum atomic E-state index is 8.63. The van der Waals surface area contributed by atoms with Gasteiger partial charge in [0.25, 0.3) is 0 Å². The Labute approximate surface area is 114 Å². The Morgan fingerprint density at radius 3 is 1.21 bits per heavy atom. The zero-order chi connectivity index (χ0) is 14.3. The van der Waals surface area contributed by atoms with Crippen LogP contribution in [0.25, 0.3) is 0 Å². The predicted molar refractivity (Wildman–Crippen MR) is 78.2 cm³/mol. The summed E-state index contributed by atoms with van der Waals surface area (Å²) in [6, 6.07) is 17.4. The van der Waals surface area contributed by atoms with Crippen molar-refractivity contribution >= 4 is 0 Å². The molecular weight excluding hydrogens is 240 g/mol. The van der Waals surface area contributed by atoms with E-state index < -0.39 is 0 Å². The van der Waals surface area contributed by atoms with Gasteiger partial charge in [-0.1, -0.05) is 49.7 Å². The fraction of sp³-hybridized carbons (Fsp3) is 0.250. The van der Waals surface area contributed by atoms with Gasteiger partial charge in [0.2, 0.25) is 0 Å². The van der Waals surface area contributed by atoms with Gasteiger partial charge in [-0.2, -0.15) is 0 Å². The number of hydrogen-bond donors (Lipinski definition) is 3. The molecule has 2 aromatic rings. The van der Waals surface area contributed by atoms with E-state index in [4.69, 9.17) is 15.3 Å². The first-order valence-electron chi connectivity index (χ1n) is 6.29. The van der Waals surface area contributed by atoms with E-state index in [1.54, 1.807) is 48.5 Å². The lowest BCUT2D eigenvalue weighted by Crippen LogP contribution is -1.75. The lowest BCUT2D eigenvalue weighted by atomic mass is 10.3. The normalized spacial score (nSPS) is 8.53. The van der Waals surface area contributed by atoms with Gasteiger partial charge in [-0.3, -0.25) is 0 Å². The Kier molecular flexibility index (Phi) is 11.1. The summed E-state index contributed by atoms with van der Waals surface area (Å²) in [6.45, 7) is 2.40. The molecule has 0 saturated heterocycles. The summed E-state index contributed by atoms with van der Waals surface area (Å²) in [6.07, 6.45) is 2.04. The highest BCUT2D eigenvalue weighted by molar-refractivity contribution is 5.19. The first-order chi connectivity index (χ1) is 9.20. The molecule has 3 heteroatoms. The minimum Gasteiger partial charge on any atom is -0.508 e. The average molecular weight is 262 g/mol. The van der Waals surface area contributed by atoms with E-state index in [9.17, 15) is 0 Å². The third-order valence-corrected chi connectivity index (χ3v) is 2.02. The van der Waals surface area contributed by atoms with Gasteiger partial charge in [-0.25, -0.2) is 0 Å². The standard InChI is InChI=1S/2C6H6O.C4H10O/c2*7-6-4-2-1-3-5-6;1-2-3-4-5/h2*1-5,7H;5H,2-4H2,1H3. The second-order valence-corrected chi connectivity index (χ2v) is 3.75. The number of benzene rings is 2. The first-order valence-corrected chi connectivity index (χ1v) is 6.29. The Bertz CT molecular complexity index is 348. The lowest BCUT2D eigenvalue weighted by Gasteiger charge is -1.82. The van der Waals surface area contributed by atoms with E-state index in [-0.39, 0.29) is 0 Å². The number of phenols is 2.